The molecule has 1 aliphatic carbocycles. The maximum absolute atomic E-state index is 13.4. The van der Waals surface area contributed by atoms with Crippen molar-refractivity contribution in [3.8, 4) is 11.8 Å². The van der Waals surface area contributed by atoms with Gasteiger partial charge in [0.25, 0.3) is 0 Å². The average Bonchev–Trinajstić information content (AvgIpc) is 3.42. The molecule has 3 N–H and O–H groups in total. The Kier molecular flexibility index (Phi) is 4.38. The fourth-order valence-electron chi connectivity index (χ4n) is 5.35. The van der Waals surface area contributed by atoms with E-state index < -0.39 is 29.1 Å². The topological polar surface area (TPSA) is 122 Å². The first-order valence-electron chi connectivity index (χ1n) is 10.3. The van der Waals surface area contributed by atoms with Crippen molar-refractivity contribution in [2.24, 2.45) is 5.92 Å². The van der Waals surface area contributed by atoms with E-state index in [1.54, 1.807) is 38.4 Å². The Morgan fingerprint density at radius 1 is 1.19 bits per heavy atom. The van der Waals surface area contributed by atoms with Crippen LogP contribution in [0.1, 0.15) is 28.3 Å². The van der Waals surface area contributed by atoms with Crippen LogP contribution in [0.5, 0.6) is 5.75 Å². The molecular formula is C24H22N4O4. The Hall–Kier alpha value is -3.67. The van der Waals surface area contributed by atoms with Gasteiger partial charge in [0.15, 0.2) is 17.0 Å². The third-order valence-electron chi connectivity index (χ3n) is 6.72. The summed E-state index contributed by atoms with van der Waals surface area (Å²) in [5.74, 6) is -1.74. The lowest BCUT2D eigenvalue weighted by molar-refractivity contribution is -0.157. The van der Waals surface area contributed by atoms with Gasteiger partial charge in [-0.15, -0.1) is 0 Å². The number of carbonyl (C=O) groups excluding carboxylic acids is 1. The zero-order valence-corrected chi connectivity index (χ0v) is 17.6. The molecule has 5 unspecified atom stereocenters. The van der Waals surface area contributed by atoms with Crippen molar-refractivity contribution in [1.29, 1.82) is 5.26 Å². The van der Waals surface area contributed by atoms with Crippen LogP contribution in [-0.2, 0) is 16.0 Å². The van der Waals surface area contributed by atoms with E-state index in [1.807, 2.05) is 30.3 Å². The molecule has 1 aromatic heterocycles. The van der Waals surface area contributed by atoms with Crippen LogP contribution in [0.3, 0.4) is 0 Å². The largest absolute Gasteiger partial charge is 0.475 e. The molecule has 0 radical (unpaired) electrons. The summed E-state index contributed by atoms with van der Waals surface area (Å²) < 4.78 is 6.46. The number of ether oxygens (including phenoxy) is 1. The molecule has 0 bridgehead atoms. The molecule has 5 atom stereocenters. The smallest absolute Gasteiger partial charge is 0.228 e. The van der Waals surface area contributed by atoms with Crippen molar-refractivity contribution >= 4 is 5.91 Å². The van der Waals surface area contributed by atoms with E-state index in [-0.39, 0.29) is 11.6 Å². The molecule has 2 aromatic carbocycles. The molecule has 1 amide bonds. The number of aromatic nitrogens is 2. The van der Waals surface area contributed by atoms with Crippen molar-refractivity contribution in [3.05, 3.63) is 83.2 Å². The van der Waals surface area contributed by atoms with Gasteiger partial charge < -0.3 is 19.8 Å². The molecule has 1 saturated carbocycles. The summed E-state index contributed by atoms with van der Waals surface area (Å²) >= 11 is 0. The number of aliphatic hydroxyl groups is 2. The normalized spacial score (nSPS) is 30.2. The van der Waals surface area contributed by atoms with Crippen LogP contribution in [0.4, 0.5) is 0 Å². The quantitative estimate of drug-likeness (QED) is 0.580. The van der Waals surface area contributed by atoms with E-state index >= 15 is 0 Å². The minimum absolute atomic E-state index is 0.226. The molecule has 0 saturated heterocycles. The molecule has 32 heavy (non-hydrogen) atoms. The van der Waals surface area contributed by atoms with E-state index in [0.29, 0.717) is 16.9 Å². The van der Waals surface area contributed by atoms with Crippen LogP contribution in [0.2, 0.25) is 0 Å². The Morgan fingerprint density at radius 2 is 1.88 bits per heavy atom. The summed E-state index contributed by atoms with van der Waals surface area (Å²) in [7, 11) is 3.23. The number of aliphatic hydroxyl groups excluding tert-OH is 1. The number of nitrogens with one attached hydrogen (secondary N) is 1. The van der Waals surface area contributed by atoms with Gasteiger partial charge >= 0.3 is 0 Å². The highest BCUT2D eigenvalue weighted by Gasteiger charge is 2.78. The second kappa shape index (κ2) is 6.92. The predicted octanol–water partition coefficient (Wildman–Crippen LogP) is 1.62. The van der Waals surface area contributed by atoms with Gasteiger partial charge in [-0.25, -0.2) is 0 Å². The highest BCUT2D eigenvalue weighted by molar-refractivity contribution is 5.82. The number of nitriles is 1. The lowest BCUT2D eigenvalue weighted by Crippen LogP contribution is -2.52. The van der Waals surface area contributed by atoms with Gasteiger partial charge in [-0.1, -0.05) is 42.5 Å². The van der Waals surface area contributed by atoms with Gasteiger partial charge in [0.2, 0.25) is 5.91 Å². The summed E-state index contributed by atoms with van der Waals surface area (Å²) in [5.41, 5.74) is -1.55. The molecule has 1 aliphatic heterocycles. The molecule has 162 valence electrons. The number of H-pyrrole nitrogens is 1. The lowest BCUT2D eigenvalue weighted by atomic mass is 9.71. The summed E-state index contributed by atoms with van der Waals surface area (Å²) in [6.45, 7) is 0. The average molecular weight is 430 g/mol. The van der Waals surface area contributed by atoms with Gasteiger partial charge in [-0.2, -0.15) is 10.4 Å². The van der Waals surface area contributed by atoms with Crippen molar-refractivity contribution in [2.45, 2.75) is 23.2 Å². The van der Waals surface area contributed by atoms with E-state index in [2.05, 4.69) is 16.3 Å². The Labute approximate surface area is 184 Å². The maximum atomic E-state index is 13.4. The number of aromatic amines is 1. The first-order valence-corrected chi connectivity index (χ1v) is 10.3. The van der Waals surface area contributed by atoms with E-state index in [0.717, 1.165) is 5.56 Å². The molecule has 2 aliphatic rings. The molecule has 3 aromatic rings. The SMILES string of the molecule is CN(C)C(=O)C1C(O)C2(O)c3[nH]ncc3OC2(c2ccc(C#N)cc2)C1c1ccccc1. The summed E-state index contributed by atoms with van der Waals surface area (Å²) in [6.07, 6.45) is -0.0332. The zero-order valence-electron chi connectivity index (χ0n) is 17.6. The van der Waals surface area contributed by atoms with Crippen LogP contribution in [0, 0.1) is 17.2 Å². The molecule has 8 heteroatoms. The Morgan fingerprint density at radius 3 is 2.50 bits per heavy atom. The minimum Gasteiger partial charge on any atom is -0.475 e. The van der Waals surface area contributed by atoms with Crippen molar-refractivity contribution in [3.63, 3.8) is 0 Å². The number of fused-ring (bicyclic) bond motifs is 3. The van der Waals surface area contributed by atoms with E-state index in [4.69, 9.17) is 4.74 Å². The third-order valence-corrected chi connectivity index (χ3v) is 6.72. The standard InChI is InChI=1S/C24H22N4O4/c1-28(2)22(30)18-19(15-6-4-3-5-7-15)24(16-10-8-14(12-25)9-11-16)23(31,21(18)29)20-17(32-24)13-26-27-20/h3-11,13,18-19,21,29,31H,1-2H3,(H,26,27). The van der Waals surface area contributed by atoms with Gasteiger partial charge in [0.05, 0.1) is 23.7 Å². The second-order valence-corrected chi connectivity index (χ2v) is 8.49. The summed E-state index contributed by atoms with van der Waals surface area (Å²) in [4.78, 5) is 14.8. The number of carbonyl (C=O) groups is 1. The van der Waals surface area contributed by atoms with Crippen molar-refractivity contribution < 1.29 is 19.7 Å². The first kappa shape index (κ1) is 20.2. The van der Waals surface area contributed by atoms with E-state index in [1.165, 1.54) is 11.1 Å². The predicted molar refractivity (Wildman–Crippen MR) is 113 cm³/mol. The molecular weight excluding hydrogens is 408 g/mol. The maximum Gasteiger partial charge on any atom is 0.228 e. The van der Waals surface area contributed by atoms with Gasteiger partial charge in [-0.3, -0.25) is 9.89 Å². The number of nitrogens with zero attached hydrogens (tertiary/aromatic N) is 3. The van der Waals surface area contributed by atoms with E-state index in [9.17, 15) is 20.3 Å². The van der Waals surface area contributed by atoms with Crippen LogP contribution >= 0.6 is 0 Å². The summed E-state index contributed by atoms with van der Waals surface area (Å²) in [5, 5.41) is 39.8. The number of hydrogen-bond donors (Lipinski definition) is 3. The highest BCUT2D eigenvalue weighted by Crippen LogP contribution is 2.68. The molecule has 8 nitrogen and oxygen atoms in total. The lowest BCUT2D eigenvalue weighted by Gasteiger charge is -2.40. The molecule has 2 heterocycles. The second-order valence-electron chi connectivity index (χ2n) is 8.49. The molecule has 1 fully saturated rings. The number of benzene rings is 2. The van der Waals surface area contributed by atoms with Crippen molar-refractivity contribution in [2.75, 3.05) is 14.1 Å². The van der Waals surface area contributed by atoms with Crippen LogP contribution < -0.4 is 4.74 Å². The zero-order chi connectivity index (χ0) is 22.7. The van der Waals surface area contributed by atoms with Crippen LogP contribution in [0.15, 0.2) is 60.8 Å². The van der Waals surface area contributed by atoms with Gasteiger partial charge in [-0.05, 0) is 23.3 Å². The van der Waals surface area contributed by atoms with Crippen LogP contribution in [-0.4, -0.2) is 51.4 Å². The van der Waals surface area contributed by atoms with Crippen LogP contribution in [0.25, 0.3) is 0 Å². The summed E-state index contributed by atoms with van der Waals surface area (Å²) in [6, 6.07) is 18.0. The third kappa shape index (κ3) is 2.38. The fraction of sp³-hybridized carbons (Fsp3) is 0.292. The number of rotatable bonds is 3. The Balaban J connectivity index is 1.84. The fourth-order valence-corrected chi connectivity index (χ4v) is 5.35. The first-order chi connectivity index (χ1) is 15.4. The highest BCUT2D eigenvalue weighted by atomic mass is 16.5. The van der Waals surface area contributed by atoms with Gasteiger partial charge in [0.1, 0.15) is 11.8 Å². The molecule has 0 spiro atoms. The monoisotopic (exact) mass is 430 g/mol. The molecule has 5 rings (SSSR count). The number of amides is 1. The van der Waals surface area contributed by atoms with Gasteiger partial charge in [0, 0.05) is 20.0 Å². The Bertz CT molecular complexity index is 1220. The van der Waals surface area contributed by atoms with Crippen molar-refractivity contribution in [1.82, 2.24) is 15.1 Å². The minimum atomic E-state index is -1.98. The number of hydrogen-bond acceptors (Lipinski definition) is 6.